The number of fused-ring (bicyclic) bond motifs is 3. The Morgan fingerprint density at radius 2 is 1.94 bits per heavy atom. The molecule has 10 nitrogen and oxygen atoms in total. The first-order valence-electron chi connectivity index (χ1n) is 10.5. The van der Waals surface area contributed by atoms with Crippen LogP contribution >= 0.6 is 0 Å². The van der Waals surface area contributed by atoms with E-state index < -0.39 is 12.1 Å². The second-order valence-corrected chi connectivity index (χ2v) is 7.62. The van der Waals surface area contributed by atoms with Crippen LogP contribution in [0.15, 0.2) is 30.6 Å². The predicted octanol–water partition coefficient (Wildman–Crippen LogP) is 3.77. The number of aromatic nitrogens is 5. The minimum atomic E-state index is -5.08. The molecule has 1 unspecified atom stereocenters. The fraction of sp³-hybridized carbons (Fsp3) is 0.318. The van der Waals surface area contributed by atoms with Gasteiger partial charge in [0, 0.05) is 26.4 Å². The maximum atomic E-state index is 11.5. The maximum absolute atomic E-state index is 11.5. The van der Waals surface area contributed by atoms with Gasteiger partial charge in [-0.05, 0) is 24.6 Å². The number of nitrogens with zero attached hydrogens (tertiary/aromatic N) is 4. The third-order valence-electron chi connectivity index (χ3n) is 5.11. The number of H-pyrrole nitrogens is 1. The zero-order valence-electron chi connectivity index (χ0n) is 19.4. The molecule has 4 N–H and O–H groups in total. The van der Waals surface area contributed by atoms with Crippen LogP contribution in [0.3, 0.4) is 0 Å². The van der Waals surface area contributed by atoms with Gasteiger partial charge in [-0.2, -0.15) is 13.2 Å². The average Bonchev–Trinajstić information content (AvgIpc) is 3.40. The van der Waals surface area contributed by atoms with E-state index in [1.165, 1.54) is 6.92 Å². The second-order valence-electron chi connectivity index (χ2n) is 7.62. The summed E-state index contributed by atoms with van der Waals surface area (Å²) in [5.41, 5.74) is 5.14. The molecule has 186 valence electrons. The largest absolute Gasteiger partial charge is 0.490 e. The molecule has 35 heavy (non-hydrogen) atoms. The standard InChI is InChI=1S/C20H23N7O.C2HF3O2/c1-5-13(23-11(2)28)14-7-6-8-15(24-14)16-9-12-18-17(22-10-27(18)4)20(21-3)26-19(12)25-16;3-2(4,5)1(6)7/h6-10,13H,5H2,1-4H3,(H,23,28)(H2,21,25,26);(H,6,7). The molecule has 0 aliphatic rings. The van der Waals surface area contributed by atoms with Gasteiger partial charge in [0.1, 0.15) is 11.2 Å². The van der Waals surface area contributed by atoms with E-state index in [0.717, 1.165) is 51.4 Å². The lowest BCUT2D eigenvalue weighted by Crippen LogP contribution is -2.26. The van der Waals surface area contributed by atoms with Crippen molar-refractivity contribution in [3.05, 3.63) is 36.3 Å². The van der Waals surface area contributed by atoms with Gasteiger partial charge in [-0.25, -0.2) is 19.7 Å². The first kappa shape index (κ1) is 25.5. The van der Waals surface area contributed by atoms with Gasteiger partial charge in [0.25, 0.3) is 0 Å². The highest BCUT2D eigenvalue weighted by Crippen LogP contribution is 2.31. The Kier molecular flexibility index (Phi) is 7.27. The highest BCUT2D eigenvalue weighted by molar-refractivity contribution is 6.07. The van der Waals surface area contributed by atoms with Gasteiger partial charge in [0.15, 0.2) is 5.82 Å². The number of hydrogen-bond acceptors (Lipinski definition) is 6. The lowest BCUT2D eigenvalue weighted by molar-refractivity contribution is -0.192. The van der Waals surface area contributed by atoms with E-state index in [-0.39, 0.29) is 11.9 Å². The zero-order chi connectivity index (χ0) is 25.9. The summed E-state index contributed by atoms with van der Waals surface area (Å²) < 4.78 is 33.7. The van der Waals surface area contributed by atoms with Crippen molar-refractivity contribution in [1.29, 1.82) is 0 Å². The first-order valence-corrected chi connectivity index (χ1v) is 10.5. The van der Waals surface area contributed by atoms with E-state index in [0.29, 0.717) is 0 Å². The van der Waals surface area contributed by atoms with Gasteiger partial charge in [-0.15, -0.1) is 0 Å². The van der Waals surface area contributed by atoms with Crippen LogP contribution in [0.5, 0.6) is 0 Å². The molecular formula is C22H24F3N7O3. The molecule has 1 atom stereocenters. The van der Waals surface area contributed by atoms with E-state index in [9.17, 15) is 18.0 Å². The number of halogens is 3. The molecule has 0 aromatic carbocycles. The van der Waals surface area contributed by atoms with Gasteiger partial charge in [-0.1, -0.05) is 13.0 Å². The number of carboxylic acids is 1. The molecule has 4 aromatic rings. The second kappa shape index (κ2) is 9.99. The molecule has 4 rings (SSSR count). The molecular weight excluding hydrogens is 467 g/mol. The minimum absolute atomic E-state index is 0.0629. The molecule has 0 spiro atoms. The summed E-state index contributed by atoms with van der Waals surface area (Å²) in [6.45, 7) is 3.55. The van der Waals surface area contributed by atoms with Crippen molar-refractivity contribution < 1.29 is 27.9 Å². The Morgan fingerprint density at radius 1 is 1.26 bits per heavy atom. The van der Waals surface area contributed by atoms with Crippen LogP contribution in [0.4, 0.5) is 19.0 Å². The van der Waals surface area contributed by atoms with Gasteiger partial charge >= 0.3 is 12.1 Å². The van der Waals surface area contributed by atoms with Crippen molar-refractivity contribution in [2.75, 3.05) is 12.4 Å². The highest BCUT2D eigenvalue weighted by atomic mass is 19.4. The van der Waals surface area contributed by atoms with Crippen molar-refractivity contribution in [1.82, 2.24) is 29.8 Å². The number of nitrogens with one attached hydrogen (secondary N) is 3. The Balaban J connectivity index is 0.000000429. The summed E-state index contributed by atoms with van der Waals surface area (Å²) in [6.07, 6.45) is -2.52. The van der Waals surface area contributed by atoms with E-state index in [4.69, 9.17) is 14.9 Å². The number of rotatable bonds is 5. The zero-order valence-corrected chi connectivity index (χ0v) is 19.4. The number of carbonyl (C=O) groups is 2. The Labute approximate surface area is 197 Å². The fourth-order valence-electron chi connectivity index (χ4n) is 3.54. The smallest absolute Gasteiger partial charge is 0.475 e. The summed E-state index contributed by atoms with van der Waals surface area (Å²) in [4.78, 5) is 37.7. The van der Waals surface area contributed by atoms with Crippen LogP contribution in [0, 0.1) is 0 Å². The van der Waals surface area contributed by atoms with Crippen molar-refractivity contribution in [3.63, 3.8) is 0 Å². The maximum Gasteiger partial charge on any atom is 0.490 e. The van der Waals surface area contributed by atoms with Crippen LogP contribution in [-0.4, -0.2) is 54.7 Å². The Hall–Kier alpha value is -4.16. The molecule has 4 heterocycles. The number of amides is 1. The fourth-order valence-corrected chi connectivity index (χ4v) is 3.54. The third kappa shape index (κ3) is 5.50. The van der Waals surface area contributed by atoms with Crippen molar-refractivity contribution in [3.8, 4) is 11.4 Å². The van der Waals surface area contributed by atoms with Crippen LogP contribution < -0.4 is 10.6 Å². The number of aromatic amines is 1. The minimum Gasteiger partial charge on any atom is -0.475 e. The van der Waals surface area contributed by atoms with Crippen LogP contribution in [0.1, 0.15) is 32.0 Å². The average molecular weight is 491 g/mol. The van der Waals surface area contributed by atoms with Crippen LogP contribution in [0.2, 0.25) is 0 Å². The number of carbonyl (C=O) groups excluding carboxylic acids is 1. The normalized spacial score (nSPS) is 12.2. The molecule has 0 aliphatic heterocycles. The SMILES string of the molecule is CCC(NC(C)=O)c1cccc(-c2cc3c(nc(NC)c4ncn(C)c43)[nH]2)n1.O=C(O)C(F)(F)F. The number of pyridine rings is 2. The summed E-state index contributed by atoms with van der Waals surface area (Å²) >= 11 is 0. The summed E-state index contributed by atoms with van der Waals surface area (Å²) in [6, 6.07) is 7.79. The van der Waals surface area contributed by atoms with Gasteiger partial charge in [0.05, 0.1) is 35.0 Å². The van der Waals surface area contributed by atoms with Crippen LogP contribution in [-0.2, 0) is 16.6 Å². The van der Waals surface area contributed by atoms with Crippen molar-refractivity contribution in [2.24, 2.45) is 7.05 Å². The number of carboxylic acid groups (broad SMARTS) is 1. The lowest BCUT2D eigenvalue weighted by Gasteiger charge is -2.15. The number of hydrogen-bond donors (Lipinski definition) is 4. The summed E-state index contributed by atoms with van der Waals surface area (Å²) in [5, 5.41) is 14.2. The Morgan fingerprint density at radius 3 is 2.51 bits per heavy atom. The Bertz CT molecular complexity index is 1380. The quantitative estimate of drug-likeness (QED) is 0.333. The topological polar surface area (TPSA) is 138 Å². The summed E-state index contributed by atoms with van der Waals surface area (Å²) in [5.74, 6) is -2.09. The highest BCUT2D eigenvalue weighted by Gasteiger charge is 2.38. The van der Waals surface area contributed by atoms with E-state index in [1.54, 1.807) is 6.33 Å². The molecule has 0 bridgehead atoms. The molecule has 0 fully saturated rings. The van der Waals surface area contributed by atoms with Gasteiger partial charge in [-0.3, -0.25) is 4.79 Å². The number of anilines is 1. The third-order valence-corrected chi connectivity index (χ3v) is 5.11. The predicted molar refractivity (Wildman–Crippen MR) is 124 cm³/mol. The molecule has 0 saturated carbocycles. The van der Waals surface area contributed by atoms with Crippen molar-refractivity contribution in [2.45, 2.75) is 32.5 Å². The van der Waals surface area contributed by atoms with Crippen LogP contribution in [0.25, 0.3) is 33.5 Å². The monoisotopic (exact) mass is 491 g/mol. The van der Waals surface area contributed by atoms with E-state index >= 15 is 0 Å². The molecule has 0 radical (unpaired) electrons. The number of alkyl halides is 3. The van der Waals surface area contributed by atoms with Gasteiger partial charge in [0.2, 0.25) is 5.91 Å². The molecule has 1 amide bonds. The molecule has 13 heteroatoms. The number of aryl methyl sites for hydroxylation is 1. The molecule has 0 aliphatic carbocycles. The molecule has 0 saturated heterocycles. The van der Waals surface area contributed by atoms with E-state index in [1.807, 2.05) is 43.8 Å². The number of aliphatic carboxylic acids is 1. The van der Waals surface area contributed by atoms with Crippen molar-refractivity contribution >= 4 is 39.8 Å². The first-order chi connectivity index (χ1) is 16.5. The van der Waals surface area contributed by atoms with Gasteiger partial charge < -0.3 is 25.3 Å². The lowest BCUT2D eigenvalue weighted by atomic mass is 10.1. The molecule has 4 aromatic heterocycles. The summed E-state index contributed by atoms with van der Waals surface area (Å²) in [7, 11) is 3.81. The number of imidazole rings is 1. The van der Waals surface area contributed by atoms with E-state index in [2.05, 4.69) is 31.7 Å².